The molecule has 448 valence electrons. The van der Waals surface area contributed by atoms with Gasteiger partial charge in [0.1, 0.15) is 13.2 Å². The largest absolute Gasteiger partial charge is 0.545 e. The molecular formula is C67H127NO8. The number of hydrogen-bond donors (Lipinski definition) is 0. The first-order chi connectivity index (χ1) is 37.1. The van der Waals surface area contributed by atoms with Crippen molar-refractivity contribution in [2.45, 2.75) is 341 Å². The van der Waals surface area contributed by atoms with Crippen LogP contribution in [-0.4, -0.2) is 82.3 Å². The number of aliphatic carboxylic acids is 1. The second-order valence-corrected chi connectivity index (χ2v) is 23.8. The molecule has 9 nitrogen and oxygen atoms in total. The Morgan fingerprint density at radius 3 is 1.04 bits per heavy atom. The number of carboxylic acid groups (broad SMARTS) is 1. The molecule has 0 spiro atoms. The minimum absolute atomic E-state index is 0.150. The van der Waals surface area contributed by atoms with Crippen LogP contribution in [0.5, 0.6) is 0 Å². The van der Waals surface area contributed by atoms with Crippen molar-refractivity contribution in [3.05, 3.63) is 24.3 Å². The smallest absolute Gasteiger partial charge is 0.306 e. The van der Waals surface area contributed by atoms with E-state index in [1.54, 1.807) is 0 Å². The third-order valence-electron chi connectivity index (χ3n) is 15.0. The van der Waals surface area contributed by atoms with E-state index in [0.29, 0.717) is 23.9 Å². The Morgan fingerprint density at radius 2 is 0.711 bits per heavy atom. The Balaban J connectivity index is 4.11. The fraction of sp³-hybridized carbons (Fsp3) is 0.896. The van der Waals surface area contributed by atoms with Crippen LogP contribution in [0.25, 0.3) is 0 Å². The fourth-order valence-corrected chi connectivity index (χ4v) is 9.87. The predicted molar refractivity (Wildman–Crippen MR) is 320 cm³/mol. The van der Waals surface area contributed by atoms with Crippen LogP contribution in [0.4, 0.5) is 0 Å². The number of carboxylic acids is 1. The monoisotopic (exact) mass is 1070 g/mol. The van der Waals surface area contributed by atoms with Gasteiger partial charge in [0.25, 0.3) is 0 Å². The second-order valence-electron chi connectivity index (χ2n) is 23.8. The summed E-state index contributed by atoms with van der Waals surface area (Å²) >= 11 is 0. The van der Waals surface area contributed by atoms with Gasteiger partial charge < -0.3 is 33.3 Å². The van der Waals surface area contributed by atoms with E-state index in [1.165, 1.54) is 250 Å². The number of rotatable bonds is 62. The number of carbonyl (C=O) groups is 3. The number of allylic oxidation sites excluding steroid dienone is 4. The molecule has 0 radical (unpaired) electrons. The van der Waals surface area contributed by atoms with E-state index in [2.05, 4.69) is 38.2 Å². The van der Waals surface area contributed by atoms with E-state index in [9.17, 15) is 19.5 Å². The Bertz CT molecular complexity index is 1300. The van der Waals surface area contributed by atoms with Gasteiger partial charge in [-0.15, -0.1) is 0 Å². The van der Waals surface area contributed by atoms with E-state index in [0.717, 1.165) is 44.9 Å². The van der Waals surface area contributed by atoms with Gasteiger partial charge in [0.05, 0.1) is 40.3 Å². The first-order valence-corrected chi connectivity index (χ1v) is 33.0. The normalized spacial score (nSPS) is 12.8. The highest BCUT2D eigenvalue weighted by atomic mass is 16.7. The molecule has 76 heavy (non-hydrogen) atoms. The molecule has 0 aliphatic carbocycles. The highest BCUT2D eigenvalue weighted by molar-refractivity contribution is 5.70. The third kappa shape index (κ3) is 59.4. The zero-order valence-electron chi connectivity index (χ0n) is 51.2. The van der Waals surface area contributed by atoms with Crippen molar-refractivity contribution in [3.8, 4) is 0 Å². The molecule has 0 N–H and O–H groups in total. The van der Waals surface area contributed by atoms with E-state index < -0.39 is 24.3 Å². The maximum absolute atomic E-state index is 12.9. The highest BCUT2D eigenvalue weighted by Crippen LogP contribution is 2.18. The van der Waals surface area contributed by atoms with Gasteiger partial charge in [0.2, 0.25) is 0 Å². The number of nitrogens with zero attached hydrogens (tertiary/aromatic N) is 1. The van der Waals surface area contributed by atoms with Crippen molar-refractivity contribution < 1.29 is 42.9 Å². The summed E-state index contributed by atoms with van der Waals surface area (Å²) in [5.41, 5.74) is 0. The molecule has 9 heteroatoms. The van der Waals surface area contributed by atoms with Crippen LogP contribution in [0, 0.1) is 0 Å². The maximum Gasteiger partial charge on any atom is 0.306 e. The lowest BCUT2D eigenvalue weighted by atomic mass is 10.0. The lowest BCUT2D eigenvalue weighted by molar-refractivity contribution is -0.870. The van der Waals surface area contributed by atoms with Crippen molar-refractivity contribution in [2.24, 2.45) is 0 Å². The molecule has 2 atom stereocenters. The zero-order chi connectivity index (χ0) is 55.5. The number of quaternary nitrogens is 1. The van der Waals surface area contributed by atoms with Crippen LogP contribution in [0.2, 0.25) is 0 Å². The molecule has 0 saturated heterocycles. The fourth-order valence-electron chi connectivity index (χ4n) is 9.87. The zero-order valence-corrected chi connectivity index (χ0v) is 51.2. The molecule has 0 rings (SSSR count). The van der Waals surface area contributed by atoms with Gasteiger partial charge in [0.15, 0.2) is 12.4 Å². The van der Waals surface area contributed by atoms with Gasteiger partial charge in [-0.25, -0.2) is 0 Å². The van der Waals surface area contributed by atoms with Crippen molar-refractivity contribution >= 4 is 17.9 Å². The molecule has 0 bridgehead atoms. The number of likely N-dealkylation sites (N-methyl/N-ethyl adjacent to an activating group) is 1. The van der Waals surface area contributed by atoms with Crippen molar-refractivity contribution in [3.63, 3.8) is 0 Å². The van der Waals surface area contributed by atoms with Gasteiger partial charge in [-0.05, 0) is 44.9 Å². The Hall–Kier alpha value is -2.23. The summed E-state index contributed by atoms with van der Waals surface area (Å²) in [5, 5.41) is 11.8. The Kier molecular flexibility index (Phi) is 57.2. The summed E-state index contributed by atoms with van der Waals surface area (Å²) in [7, 11) is 5.94. The van der Waals surface area contributed by atoms with Crippen molar-refractivity contribution in [1.82, 2.24) is 0 Å². The summed E-state index contributed by atoms with van der Waals surface area (Å²) < 4.78 is 22.8. The quantitative estimate of drug-likeness (QED) is 0.0195. The van der Waals surface area contributed by atoms with Gasteiger partial charge >= 0.3 is 11.9 Å². The number of hydrogen-bond acceptors (Lipinski definition) is 8. The summed E-state index contributed by atoms with van der Waals surface area (Å²) in [6, 6.07) is 0. The minimum Gasteiger partial charge on any atom is -0.545 e. The molecule has 0 aromatic rings. The van der Waals surface area contributed by atoms with Crippen LogP contribution in [0.3, 0.4) is 0 Å². The molecule has 0 saturated carbocycles. The summed E-state index contributed by atoms with van der Waals surface area (Å²) in [6.45, 7) is 4.80. The van der Waals surface area contributed by atoms with E-state index >= 15 is 0 Å². The number of ether oxygens (including phenoxy) is 4. The number of carbonyl (C=O) groups excluding carboxylic acids is 3. The molecule has 0 aliphatic heterocycles. The Labute approximate surface area is 471 Å². The molecule has 0 aliphatic rings. The molecular weight excluding hydrogens is 947 g/mol. The average Bonchev–Trinajstić information content (AvgIpc) is 3.39. The van der Waals surface area contributed by atoms with Crippen molar-refractivity contribution in [1.29, 1.82) is 0 Å². The van der Waals surface area contributed by atoms with Crippen LogP contribution >= 0.6 is 0 Å². The average molecular weight is 1070 g/mol. The second kappa shape index (κ2) is 58.9. The summed E-state index contributed by atoms with van der Waals surface area (Å²) in [4.78, 5) is 37.4. The van der Waals surface area contributed by atoms with Gasteiger partial charge in [-0.1, -0.05) is 295 Å². The summed E-state index contributed by atoms with van der Waals surface area (Å²) in [6.07, 6.45) is 68.2. The highest BCUT2D eigenvalue weighted by Gasteiger charge is 2.22. The Morgan fingerprint density at radius 1 is 0.395 bits per heavy atom. The van der Waals surface area contributed by atoms with Crippen LogP contribution in [0.15, 0.2) is 24.3 Å². The topological polar surface area (TPSA) is 111 Å². The molecule has 0 fully saturated rings. The summed E-state index contributed by atoms with van der Waals surface area (Å²) in [5.74, 6) is -2.26. The number of esters is 2. The van der Waals surface area contributed by atoms with E-state index in [1.807, 2.05) is 21.1 Å². The van der Waals surface area contributed by atoms with Crippen molar-refractivity contribution in [2.75, 3.05) is 47.5 Å². The molecule has 2 unspecified atom stereocenters. The molecule has 0 aromatic carbocycles. The van der Waals surface area contributed by atoms with Gasteiger partial charge in [-0.3, -0.25) is 9.59 Å². The third-order valence-corrected chi connectivity index (χ3v) is 15.0. The van der Waals surface area contributed by atoms with Gasteiger partial charge in [0, 0.05) is 12.8 Å². The number of unbranched alkanes of at least 4 members (excludes halogenated alkanes) is 43. The van der Waals surface area contributed by atoms with Gasteiger partial charge in [-0.2, -0.15) is 0 Å². The minimum atomic E-state index is -1.62. The molecule has 0 amide bonds. The SMILES string of the molecule is CCCCCCC/C=C\C/C=C\CCCCCCCCCCCCCC(=O)OC(COC(=O)CCCCCCCCCCCCCCCCCCCCCCCCCCCCCC)COC(OCC[N+](C)(C)C)C(=O)[O-]. The van der Waals surface area contributed by atoms with E-state index in [-0.39, 0.29) is 32.2 Å². The lowest BCUT2D eigenvalue weighted by Crippen LogP contribution is -2.44. The van der Waals surface area contributed by atoms with Crippen LogP contribution in [0.1, 0.15) is 328 Å². The molecule has 0 aromatic heterocycles. The molecule has 0 heterocycles. The van der Waals surface area contributed by atoms with Crippen LogP contribution < -0.4 is 5.11 Å². The standard InChI is InChI=1S/C67H127NO8/c1-6-8-10-12-14-16-18-20-22-24-26-28-30-31-32-33-34-36-37-39-41-43-45-47-49-51-53-55-57-64(69)74-61-63(62-75-67(66(71)72)73-60-59-68(3,4)5)76-65(70)58-56-54-52-50-48-46-44-42-40-38-35-29-27-25-23-21-19-17-15-13-11-9-7-2/h19,21,25,27,63,67H,6-18,20,22-24,26,28-62H2,1-5H3/b21-19-,27-25-. The predicted octanol–water partition coefficient (Wildman–Crippen LogP) is 18.5. The lowest BCUT2D eigenvalue weighted by Gasteiger charge is -2.26. The maximum atomic E-state index is 12.9. The first-order valence-electron chi connectivity index (χ1n) is 33.0. The first kappa shape index (κ1) is 73.8. The van der Waals surface area contributed by atoms with E-state index in [4.69, 9.17) is 18.9 Å². The van der Waals surface area contributed by atoms with Crippen LogP contribution in [-0.2, 0) is 33.3 Å².